The zero-order chi connectivity index (χ0) is 11.4. The molecule has 0 saturated carbocycles. The van der Waals surface area contributed by atoms with Crippen LogP contribution in [0.5, 0.6) is 0 Å². The summed E-state index contributed by atoms with van der Waals surface area (Å²) in [6.07, 6.45) is 1.56. The molecule has 0 saturated heterocycles. The first-order chi connectivity index (χ1) is 7.04. The van der Waals surface area contributed by atoms with Gasteiger partial charge in [-0.25, -0.2) is 4.39 Å². The lowest BCUT2D eigenvalue weighted by atomic mass is 10.2. The molecule has 0 aromatic heterocycles. The van der Waals surface area contributed by atoms with Crippen molar-refractivity contribution in [2.45, 2.75) is 13.0 Å². The second-order valence-electron chi connectivity index (χ2n) is 3.12. The van der Waals surface area contributed by atoms with Crippen LogP contribution in [-0.4, -0.2) is 11.9 Å². The number of benzene rings is 1. The molecular formula is C11H11ClFNO. The van der Waals surface area contributed by atoms with Crippen molar-refractivity contribution in [3.63, 3.8) is 0 Å². The Morgan fingerprint density at radius 1 is 1.67 bits per heavy atom. The summed E-state index contributed by atoms with van der Waals surface area (Å²) in [7, 11) is 0. The summed E-state index contributed by atoms with van der Waals surface area (Å²) in [4.78, 5) is 11.5. The second kappa shape index (κ2) is 4.94. The van der Waals surface area contributed by atoms with E-state index in [2.05, 4.69) is 11.9 Å². The van der Waals surface area contributed by atoms with Gasteiger partial charge in [-0.15, -0.1) is 6.58 Å². The van der Waals surface area contributed by atoms with Crippen LogP contribution >= 0.6 is 11.6 Å². The lowest BCUT2D eigenvalue weighted by molar-refractivity contribution is 0.0943. The smallest absolute Gasteiger partial charge is 0.254 e. The minimum absolute atomic E-state index is 0.0591. The van der Waals surface area contributed by atoms with Gasteiger partial charge in [0.1, 0.15) is 5.82 Å². The Morgan fingerprint density at radius 2 is 2.33 bits per heavy atom. The van der Waals surface area contributed by atoms with Crippen molar-refractivity contribution in [3.05, 3.63) is 47.3 Å². The van der Waals surface area contributed by atoms with Crippen LogP contribution in [0, 0.1) is 5.82 Å². The number of rotatable bonds is 3. The van der Waals surface area contributed by atoms with E-state index >= 15 is 0 Å². The number of carbonyl (C=O) groups excluding carboxylic acids is 1. The van der Waals surface area contributed by atoms with E-state index in [9.17, 15) is 9.18 Å². The third-order valence-electron chi connectivity index (χ3n) is 1.89. The van der Waals surface area contributed by atoms with Crippen LogP contribution in [0.1, 0.15) is 17.3 Å². The molecule has 0 spiro atoms. The van der Waals surface area contributed by atoms with E-state index < -0.39 is 11.7 Å². The molecule has 1 amide bonds. The molecule has 0 aliphatic carbocycles. The van der Waals surface area contributed by atoms with Crippen LogP contribution in [0.25, 0.3) is 0 Å². The fourth-order valence-electron chi connectivity index (χ4n) is 1.01. The normalized spacial score (nSPS) is 11.9. The number of nitrogens with one attached hydrogen (secondary N) is 1. The maximum atomic E-state index is 13.2. The van der Waals surface area contributed by atoms with Gasteiger partial charge in [0.2, 0.25) is 0 Å². The molecule has 80 valence electrons. The van der Waals surface area contributed by atoms with Gasteiger partial charge in [0.25, 0.3) is 5.91 Å². The van der Waals surface area contributed by atoms with Gasteiger partial charge in [0, 0.05) is 11.1 Å². The molecule has 1 N–H and O–H groups in total. The van der Waals surface area contributed by atoms with Crippen LogP contribution in [0.2, 0.25) is 5.02 Å². The number of carbonyl (C=O) groups is 1. The van der Waals surface area contributed by atoms with Crippen molar-refractivity contribution in [2.75, 3.05) is 0 Å². The molecule has 0 heterocycles. The van der Waals surface area contributed by atoms with E-state index in [-0.39, 0.29) is 11.6 Å². The van der Waals surface area contributed by atoms with Crippen LogP contribution in [0.15, 0.2) is 30.9 Å². The van der Waals surface area contributed by atoms with Crippen LogP contribution in [0.3, 0.4) is 0 Å². The number of halogens is 2. The van der Waals surface area contributed by atoms with E-state index in [1.807, 2.05) is 0 Å². The van der Waals surface area contributed by atoms with Crippen molar-refractivity contribution >= 4 is 17.5 Å². The fourth-order valence-corrected chi connectivity index (χ4v) is 1.19. The molecular weight excluding hydrogens is 217 g/mol. The van der Waals surface area contributed by atoms with Gasteiger partial charge in [0.05, 0.1) is 5.56 Å². The number of hydrogen-bond donors (Lipinski definition) is 1. The Labute approximate surface area is 92.7 Å². The van der Waals surface area contributed by atoms with Gasteiger partial charge in [-0.3, -0.25) is 4.79 Å². The molecule has 15 heavy (non-hydrogen) atoms. The van der Waals surface area contributed by atoms with E-state index in [4.69, 9.17) is 11.6 Å². The van der Waals surface area contributed by atoms with Crippen molar-refractivity contribution in [1.82, 2.24) is 5.32 Å². The summed E-state index contributed by atoms with van der Waals surface area (Å²) in [5.74, 6) is -1.09. The van der Waals surface area contributed by atoms with Crippen LogP contribution < -0.4 is 5.32 Å². The maximum absolute atomic E-state index is 13.2. The Balaban J connectivity index is 2.90. The average molecular weight is 228 g/mol. The van der Waals surface area contributed by atoms with Crippen molar-refractivity contribution in [1.29, 1.82) is 0 Å². The van der Waals surface area contributed by atoms with Gasteiger partial charge in [-0.1, -0.05) is 17.7 Å². The first-order valence-corrected chi connectivity index (χ1v) is 4.81. The summed E-state index contributed by atoms with van der Waals surface area (Å²) in [6, 6.07) is 3.64. The summed E-state index contributed by atoms with van der Waals surface area (Å²) in [5, 5.41) is 2.88. The zero-order valence-corrected chi connectivity index (χ0v) is 9.01. The first-order valence-electron chi connectivity index (χ1n) is 4.43. The minimum Gasteiger partial charge on any atom is -0.346 e. The minimum atomic E-state index is -0.590. The Morgan fingerprint density at radius 3 is 2.93 bits per heavy atom. The SMILES string of the molecule is C=CC(C)NC(=O)c1cc(Cl)ccc1F. The molecule has 1 aromatic carbocycles. The predicted octanol–water partition coefficient (Wildman–Crippen LogP) is 2.78. The van der Waals surface area contributed by atoms with Crippen molar-refractivity contribution in [3.8, 4) is 0 Å². The van der Waals surface area contributed by atoms with E-state index in [0.717, 1.165) is 6.07 Å². The van der Waals surface area contributed by atoms with Gasteiger partial charge in [0.15, 0.2) is 0 Å². The topological polar surface area (TPSA) is 29.1 Å². The highest BCUT2D eigenvalue weighted by Crippen LogP contribution is 2.14. The second-order valence-corrected chi connectivity index (χ2v) is 3.56. The standard InChI is InChI=1S/C11H11ClFNO/c1-3-7(2)14-11(15)9-6-8(12)4-5-10(9)13/h3-7H,1H2,2H3,(H,14,15). The van der Waals surface area contributed by atoms with E-state index in [1.54, 1.807) is 13.0 Å². The third-order valence-corrected chi connectivity index (χ3v) is 2.12. The summed E-state index contributed by atoms with van der Waals surface area (Å²) < 4.78 is 13.2. The predicted molar refractivity (Wildman–Crippen MR) is 58.5 cm³/mol. The molecule has 4 heteroatoms. The molecule has 1 aromatic rings. The van der Waals surface area contributed by atoms with Gasteiger partial charge in [-0.2, -0.15) is 0 Å². The average Bonchev–Trinajstić information content (AvgIpc) is 2.21. The number of amides is 1. The van der Waals surface area contributed by atoms with Crippen molar-refractivity contribution < 1.29 is 9.18 Å². The zero-order valence-electron chi connectivity index (χ0n) is 8.26. The highest BCUT2D eigenvalue weighted by Gasteiger charge is 2.12. The van der Waals surface area contributed by atoms with Gasteiger partial charge in [-0.05, 0) is 25.1 Å². The maximum Gasteiger partial charge on any atom is 0.254 e. The highest BCUT2D eigenvalue weighted by molar-refractivity contribution is 6.31. The molecule has 0 fully saturated rings. The molecule has 0 aliphatic rings. The summed E-state index contributed by atoms with van der Waals surface area (Å²) in [5.41, 5.74) is -0.0591. The first kappa shape index (κ1) is 11.7. The summed E-state index contributed by atoms with van der Waals surface area (Å²) in [6.45, 7) is 5.26. The molecule has 0 bridgehead atoms. The van der Waals surface area contributed by atoms with Crippen molar-refractivity contribution in [2.24, 2.45) is 0 Å². The lowest BCUT2D eigenvalue weighted by Gasteiger charge is -2.09. The van der Waals surface area contributed by atoms with E-state index in [0.29, 0.717) is 5.02 Å². The molecule has 2 nitrogen and oxygen atoms in total. The Bertz CT molecular complexity index is 392. The highest BCUT2D eigenvalue weighted by atomic mass is 35.5. The van der Waals surface area contributed by atoms with Crippen LogP contribution in [-0.2, 0) is 0 Å². The molecule has 1 rings (SSSR count). The van der Waals surface area contributed by atoms with E-state index in [1.165, 1.54) is 12.1 Å². The molecule has 1 unspecified atom stereocenters. The number of hydrogen-bond acceptors (Lipinski definition) is 1. The largest absolute Gasteiger partial charge is 0.346 e. The molecule has 0 radical (unpaired) electrons. The Hall–Kier alpha value is -1.35. The molecule has 0 aliphatic heterocycles. The quantitative estimate of drug-likeness (QED) is 0.791. The van der Waals surface area contributed by atoms with Gasteiger partial charge >= 0.3 is 0 Å². The Kier molecular flexibility index (Phi) is 3.86. The fraction of sp³-hybridized carbons (Fsp3) is 0.182. The monoisotopic (exact) mass is 227 g/mol. The van der Waals surface area contributed by atoms with Gasteiger partial charge < -0.3 is 5.32 Å². The van der Waals surface area contributed by atoms with Crippen LogP contribution in [0.4, 0.5) is 4.39 Å². The molecule has 1 atom stereocenters. The third kappa shape index (κ3) is 3.06. The summed E-state index contributed by atoms with van der Waals surface area (Å²) >= 11 is 5.66. The lowest BCUT2D eigenvalue weighted by Crippen LogP contribution is -2.31.